The van der Waals surface area contributed by atoms with Crippen molar-refractivity contribution >= 4 is 17.3 Å². The number of aryl methyl sites for hydroxylation is 1. The molecule has 150 valence electrons. The van der Waals surface area contributed by atoms with Crippen molar-refractivity contribution in [1.29, 1.82) is 0 Å². The first-order valence-electron chi connectivity index (χ1n) is 9.63. The molecule has 0 unspecified atom stereocenters. The number of anilines is 1. The van der Waals surface area contributed by atoms with Gasteiger partial charge in [0.25, 0.3) is 0 Å². The van der Waals surface area contributed by atoms with Crippen LogP contribution in [-0.4, -0.2) is 29.3 Å². The van der Waals surface area contributed by atoms with Crippen LogP contribution in [0.4, 0.5) is 5.69 Å². The normalized spacial score (nSPS) is 16.1. The van der Waals surface area contributed by atoms with E-state index in [1.807, 2.05) is 49.4 Å². The molecular weight excluding hydrogens is 388 g/mol. The molecule has 5 nitrogen and oxygen atoms in total. The van der Waals surface area contributed by atoms with Gasteiger partial charge in [-0.1, -0.05) is 29.3 Å². The van der Waals surface area contributed by atoms with Gasteiger partial charge in [0, 0.05) is 30.4 Å². The number of rotatable bonds is 6. The van der Waals surface area contributed by atoms with Crippen LogP contribution in [0.25, 0.3) is 0 Å². The van der Waals surface area contributed by atoms with Crippen LogP contribution in [0.15, 0.2) is 60.8 Å². The van der Waals surface area contributed by atoms with Crippen LogP contribution >= 0.6 is 11.6 Å². The first kappa shape index (κ1) is 19.6. The Hall–Kier alpha value is -2.76. The third kappa shape index (κ3) is 4.63. The minimum absolute atomic E-state index is 0.00238. The first-order valence-corrected chi connectivity index (χ1v) is 10.0. The Balaban J connectivity index is 1.45. The van der Waals surface area contributed by atoms with Crippen molar-refractivity contribution < 1.29 is 14.6 Å². The Kier molecular flexibility index (Phi) is 5.88. The number of aliphatic hydroxyl groups is 1. The van der Waals surface area contributed by atoms with Gasteiger partial charge in [0.15, 0.2) is 0 Å². The fourth-order valence-corrected chi connectivity index (χ4v) is 3.63. The summed E-state index contributed by atoms with van der Waals surface area (Å²) in [6, 6.07) is 17.3. The van der Waals surface area contributed by atoms with Gasteiger partial charge in [-0.05, 0) is 49.4 Å². The largest absolute Gasteiger partial charge is 0.471 e. The van der Waals surface area contributed by atoms with E-state index < -0.39 is 0 Å². The van der Waals surface area contributed by atoms with Crippen molar-refractivity contribution in [1.82, 2.24) is 4.98 Å². The zero-order chi connectivity index (χ0) is 20.2. The molecule has 1 saturated heterocycles. The Bertz CT molecular complexity index is 978. The van der Waals surface area contributed by atoms with Gasteiger partial charge in [0.05, 0.1) is 13.2 Å². The highest BCUT2D eigenvalue weighted by molar-refractivity contribution is 6.31. The third-order valence-corrected chi connectivity index (χ3v) is 5.25. The molecule has 1 aliphatic heterocycles. The smallest absolute Gasteiger partial charge is 0.232 e. The quantitative estimate of drug-likeness (QED) is 0.620. The molecule has 0 radical (unpaired) electrons. The van der Waals surface area contributed by atoms with Crippen LogP contribution in [0.1, 0.15) is 17.5 Å². The highest BCUT2D eigenvalue weighted by Gasteiger charge is 2.26. The van der Waals surface area contributed by atoms with E-state index >= 15 is 0 Å². The van der Waals surface area contributed by atoms with Gasteiger partial charge in [0.2, 0.25) is 5.88 Å². The lowest BCUT2D eigenvalue weighted by Gasteiger charge is -2.22. The monoisotopic (exact) mass is 410 g/mol. The topological polar surface area (TPSA) is 54.8 Å². The van der Waals surface area contributed by atoms with E-state index in [9.17, 15) is 5.11 Å². The maximum Gasteiger partial charge on any atom is 0.232 e. The number of ether oxygens (including phenoxy) is 2. The summed E-state index contributed by atoms with van der Waals surface area (Å²) in [7, 11) is 0. The molecule has 0 amide bonds. The molecule has 3 aromatic rings. The molecule has 1 aliphatic rings. The van der Waals surface area contributed by atoms with Gasteiger partial charge in [-0.25, -0.2) is 4.98 Å². The van der Waals surface area contributed by atoms with Gasteiger partial charge in [-0.15, -0.1) is 0 Å². The van der Waals surface area contributed by atoms with Gasteiger partial charge in [-0.2, -0.15) is 0 Å². The molecule has 2 heterocycles. The van der Waals surface area contributed by atoms with Crippen LogP contribution in [0.5, 0.6) is 17.4 Å². The standard InChI is InChI=1S/C23H23ClN2O3/c1-16-4-6-18(7-5-16)28-19-8-9-22(17(13-19)15-27)26-12-10-20(14-26)29-23-21(24)3-2-11-25-23/h2-9,11,13,20,27H,10,12,14-15H2,1H3/t20-/m0/s1. The molecule has 0 spiro atoms. The number of hydrogen-bond acceptors (Lipinski definition) is 5. The lowest BCUT2D eigenvalue weighted by molar-refractivity contribution is 0.216. The molecule has 2 aromatic carbocycles. The van der Waals surface area contributed by atoms with Crippen LogP contribution in [0.2, 0.25) is 5.02 Å². The fraction of sp³-hybridized carbons (Fsp3) is 0.261. The molecule has 4 rings (SSSR count). The summed E-state index contributed by atoms with van der Waals surface area (Å²) < 4.78 is 11.9. The molecule has 1 N–H and O–H groups in total. The predicted molar refractivity (Wildman–Crippen MR) is 114 cm³/mol. The number of benzene rings is 2. The van der Waals surface area contributed by atoms with Crippen molar-refractivity contribution in [3.63, 3.8) is 0 Å². The van der Waals surface area contributed by atoms with Crippen molar-refractivity contribution in [3.05, 3.63) is 76.9 Å². The highest BCUT2D eigenvalue weighted by atomic mass is 35.5. The van der Waals surface area contributed by atoms with Crippen molar-refractivity contribution in [2.45, 2.75) is 26.1 Å². The Morgan fingerprint density at radius 3 is 2.69 bits per heavy atom. The third-order valence-electron chi connectivity index (χ3n) is 4.97. The first-order chi connectivity index (χ1) is 14.1. The number of halogens is 1. The van der Waals surface area contributed by atoms with Crippen molar-refractivity contribution in [3.8, 4) is 17.4 Å². The maximum atomic E-state index is 9.90. The Labute approximate surface area is 175 Å². The summed E-state index contributed by atoms with van der Waals surface area (Å²) >= 11 is 6.15. The Morgan fingerprint density at radius 1 is 1.14 bits per heavy atom. The van der Waals surface area contributed by atoms with E-state index in [0.717, 1.165) is 30.0 Å². The second-order valence-corrected chi connectivity index (χ2v) is 7.54. The van der Waals surface area contributed by atoms with E-state index in [4.69, 9.17) is 21.1 Å². The van der Waals surface area contributed by atoms with E-state index in [1.54, 1.807) is 18.3 Å². The number of aromatic nitrogens is 1. The summed E-state index contributed by atoms with van der Waals surface area (Å²) in [5.74, 6) is 1.94. The second kappa shape index (κ2) is 8.72. The van der Waals surface area contributed by atoms with Crippen molar-refractivity contribution in [2.75, 3.05) is 18.0 Å². The van der Waals surface area contributed by atoms with Crippen LogP contribution in [0.3, 0.4) is 0 Å². The summed E-state index contributed by atoms with van der Waals surface area (Å²) in [6.07, 6.45) is 2.53. The zero-order valence-corrected chi connectivity index (χ0v) is 17.0. The predicted octanol–water partition coefficient (Wildman–Crippen LogP) is 4.99. The molecular formula is C23H23ClN2O3. The lowest BCUT2D eigenvalue weighted by Crippen LogP contribution is -2.25. The fourth-order valence-electron chi connectivity index (χ4n) is 3.46. The molecule has 0 bridgehead atoms. The number of aliphatic hydroxyl groups excluding tert-OH is 1. The summed E-state index contributed by atoms with van der Waals surface area (Å²) in [6.45, 7) is 3.52. The number of nitrogens with zero attached hydrogens (tertiary/aromatic N) is 2. The van der Waals surface area contributed by atoms with E-state index in [1.165, 1.54) is 5.56 Å². The molecule has 29 heavy (non-hydrogen) atoms. The lowest BCUT2D eigenvalue weighted by atomic mass is 10.1. The average molecular weight is 411 g/mol. The van der Waals surface area contributed by atoms with E-state index in [0.29, 0.717) is 23.2 Å². The summed E-state index contributed by atoms with van der Waals surface area (Å²) in [5.41, 5.74) is 3.00. The average Bonchev–Trinajstić information content (AvgIpc) is 3.19. The SMILES string of the molecule is Cc1ccc(Oc2ccc(N3CC[C@H](Oc4ncccc4Cl)C3)c(CO)c2)cc1. The molecule has 1 atom stereocenters. The van der Waals surface area contributed by atoms with Gasteiger partial charge in [-0.3, -0.25) is 0 Å². The van der Waals surface area contributed by atoms with Gasteiger partial charge >= 0.3 is 0 Å². The van der Waals surface area contributed by atoms with Gasteiger partial charge in [0.1, 0.15) is 22.6 Å². The maximum absolute atomic E-state index is 9.90. The molecule has 6 heteroatoms. The molecule has 0 aliphatic carbocycles. The van der Waals surface area contributed by atoms with Crippen LogP contribution < -0.4 is 14.4 Å². The highest BCUT2D eigenvalue weighted by Crippen LogP contribution is 2.32. The molecule has 1 fully saturated rings. The van der Waals surface area contributed by atoms with E-state index in [2.05, 4.69) is 9.88 Å². The van der Waals surface area contributed by atoms with Crippen LogP contribution in [0, 0.1) is 6.92 Å². The minimum atomic E-state index is -0.0610. The summed E-state index contributed by atoms with van der Waals surface area (Å²) in [4.78, 5) is 6.41. The summed E-state index contributed by atoms with van der Waals surface area (Å²) in [5, 5.41) is 10.4. The molecule has 0 saturated carbocycles. The number of hydrogen-bond donors (Lipinski definition) is 1. The molecule has 1 aromatic heterocycles. The van der Waals surface area contributed by atoms with E-state index in [-0.39, 0.29) is 12.7 Å². The van der Waals surface area contributed by atoms with Gasteiger partial charge < -0.3 is 19.5 Å². The Morgan fingerprint density at radius 2 is 1.93 bits per heavy atom. The van der Waals surface area contributed by atoms with Crippen molar-refractivity contribution in [2.24, 2.45) is 0 Å². The van der Waals surface area contributed by atoms with Crippen LogP contribution in [-0.2, 0) is 6.61 Å². The minimum Gasteiger partial charge on any atom is -0.471 e. The second-order valence-electron chi connectivity index (χ2n) is 7.13. The number of pyridine rings is 1. The zero-order valence-electron chi connectivity index (χ0n) is 16.2.